The summed E-state index contributed by atoms with van der Waals surface area (Å²) in [5, 5.41) is 6.24. The minimum atomic E-state index is -0.351. The van der Waals surface area contributed by atoms with Crippen LogP contribution in [0.25, 0.3) is 0 Å². The average Bonchev–Trinajstić information content (AvgIpc) is 2.96. The number of hydrazone groups is 1. The van der Waals surface area contributed by atoms with E-state index in [1.165, 1.54) is 19.1 Å². The van der Waals surface area contributed by atoms with Gasteiger partial charge < -0.3 is 4.74 Å². The number of hydrogen-bond acceptors (Lipinski definition) is 4. The Labute approximate surface area is 133 Å². The second kappa shape index (κ2) is 5.19. The minimum absolute atomic E-state index is 0.0776. The number of Topliss-reactive ketones (excluding diaryl/α,β-unsaturated/α-hetero) is 1. The molecule has 0 N–H and O–H groups in total. The number of ketones is 1. The Balaban J connectivity index is 1.83. The monoisotopic (exact) mass is 310 g/mol. The average molecular weight is 310 g/mol. The lowest BCUT2D eigenvalue weighted by molar-refractivity contribution is -0.111. The van der Waals surface area contributed by atoms with Crippen LogP contribution in [0, 0.1) is 5.82 Å². The molecular formula is C18H15FN2O2. The molecule has 116 valence electrons. The zero-order chi connectivity index (χ0) is 16.0. The van der Waals surface area contributed by atoms with E-state index >= 15 is 0 Å². The van der Waals surface area contributed by atoms with Crippen LogP contribution in [0.2, 0.25) is 0 Å². The molecule has 0 saturated carbocycles. The highest BCUT2D eigenvalue weighted by Gasteiger charge is 2.44. The lowest BCUT2D eigenvalue weighted by atomic mass is 9.86. The molecule has 2 aliphatic heterocycles. The first-order chi connectivity index (χ1) is 11.1. The molecule has 4 nitrogen and oxygen atoms in total. The van der Waals surface area contributed by atoms with E-state index < -0.39 is 0 Å². The Bertz CT molecular complexity index is 804. The first-order valence-corrected chi connectivity index (χ1v) is 7.51. The van der Waals surface area contributed by atoms with Crippen LogP contribution in [0.5, 0.6) is 5.75 Å². The van der Waals surface area contributed by atoms with Gasteiger partial charge >= 0.3 is 0 Å². The van der Waals surface area contributed by atoms with Gasteiger partial charge in [-0.3, -0.25) is 9.80 Å². The van der Waals surface area contributed by atoms with Crippen LogP contribution in [0.4, 0.5) is 10.1 Å². The molecule has 0 amide bonds. The molecule has 1 unspecified atom stereocenters. The van der Waals surface area contributed by atoms with Crippen molar-refractivity contribution in [2.75, 3.05) is 11.6 Å². The highest BCUT2D eigenvalue weighted by Crippen LogP contribution is 2.42. The largest absolute Gasteiger partial charge is 0.489 e. The number of nitrogens with zero attached hydrogens (tertiary/aromatic N) is 2. The van der Waals surface area contributed by atoms with Crippen molar-refractivity contribution in [1.82, 2.24) is 0 Å². The Morgan fingerprint density at radius 3 is 2.78 bits per heavy atom. The van der Waals surface area contributed by atoms with Gasteiger partial charge in [-0.15, -0.1) is 0 Å². The third-order valence-electron chi connectivity index (χ3n) is 4.31. The summed E-state index contributed by atoms with van der Waals surface area (Å²) in [6, 6.07) is 14.0. The van der Waals surface area contributed by atoms with Crippen LogP contribution in [-0.2, 0) is 4.79 Å². The molecule has 2 aliphatic rings. The normalized spacial score (nSPS) is 22.0. The van der Waals surface area contributed by atoms with Crippen molar-refractivity contribution in [1.29, 1.82) is 0 Å². The Morgan fingerprint density at radius 2 is 2.04 bits per heavy atom. The highest BCUT2D eigenvalue weighted by atomic mass is 19.1. The summed E-state index contributed by atoms with van der Waals surface area (Å²) in [4.78, 5) is 12.1. The van der Waals surface area contributed by atoms with Crippen LogP contribution in [0.1, 0.15) is 18.4 Å². The fourth-order valence-electron chi connectivity index (χ4n) is 3.27. The number of rotatable bonds is 2. The molecule has 2 atom stereocenters. The van der Waals surface area contributed by atoms with E-state index in [9.17, 15) is 9.18 Å². The molecule has 2 aromatic rings. The maximum atomic E-state index is 13.6. The van der Waals surface area contributed by atoms with Crippen molar-refractivity contribution in [3.8, 4) is 5.75 Å². The van der Waals surface area contributed by atoms with Crippen molar-refractivity contribution < 1.29 is 13.9 Å². The molecule has 0 aromatic heterocycles. The number of benzene rings is 2. The van der Waals surface area contributed by atoms with Gasteiger partial charge in [-0.25, -0.2) is 4.39 Å². The second-order valence-electron chi connectivity index (χ2n) is 5.76. The zero-order valence-corrected chi connectivity index (χ0v) is 12.6. The predicted molar refractivity (Wildman–Crippen MR) is 85.5 cm³/mol. The van der Waals surface area contributed by atoms with E-state index in [1.807, 2.05) is 30.3 Å². The van der Waals surface area contributed by atoms with Crippen molar-refractivity contribution in [3.63, 3.8) is 0 Å². The van der Waals surface area contributed by atoms with Gasteiger partial charge in [-0.1, -0.05) is 30.3 Å². The lowest BCUT2D eigenvalue weighted by Gasteiger charge is -2.33. The van der Waals surface area contributed by atoms with E-state index in [-0.39, 0.29) is 23.6 Å². The molecule has 0 spiro atoms. The summed E-state index contributed by atoms with van der Waals surface area (Å²) in [6.07, 6.45) is 0. The maximum Gasteiger partial charge on any atom is 0.176 e. The standard InChI is InChI=1S/C18H15FN2O2/c1-11(22)18-17(12-5-3-2-4-6-12)15-10-23-16-8-7-13(19)9-14(16)21(15)20-18/h2-9,15,17H,10H2,1H3/t15?,17-/m1/s1. The third kappa shape index (κ3) is 2.20. The lowest BCUT2D eigenvalue weighted by Crippen LogP contribution is -2.41. The van der Waals surface area contributed by atoms with Gasteiger partial charge in [0.25, 0.3) is 0 Å². The number of carbonyl (C=O) groups excluding carboxylic acids is 1. The van der Waals surface area contributed by atoms with Crippen LogP contribution >= 0.6 is 0 Å². The SMILES string of the molecule is CC(=O)C1=NN2c3cc(F)ccc3OCC2[C@H]1c1ccccc1. The van der Waals surface area contributed by atoms with Crippen LogP contribution in [0.15, 0.2) is 53.6 Å². The molecule has 2 aromatic carbocycles. The number of fused-ring (bicyclic) bond motifs is 3. The molecule has 0 saturated heterocycles. The van der Waals surface area contributed by atoms with Crippen LogP contribution in [-0.4, -0.2) is 24.1 Å². The molecule has 0 bridgehead atoms. The summed E-state index contributed by atoms with van der Waals surface area (Å²) in [7, 11) is 0. The van der Waals surface area contributed by atoms with Gasteiger partial charge in [0.05, 0.1) is 12.0 Å². The number of ether oxygens (including phenoxy) is 1. The van der Waals surface area contributed by atoms with E-state index in [4.69, 9.17) is 4.74 Å². The van der Waals surface area contributed by atoms with Crippen molar-refractivity contribution in [2.45, 2.75) is 18.9 Å². The number of hydrogen-bond donors (Lipinski definition) is 0. The molecular weight excluding hydrogens is 295 g/mol. The summed E-state index contributed by atoms with van der Waals surface area (Å²) < 4.78 is 19.4. The van der Waals surface area contributed by atoms with E-state index in [0.717, 1.165) is 5.56 Å². The molecule has 5 heteroatoms. The first kappa shape index (κ1) is 13.9. The molecule has 0 fully saturated rings. The van der Waals surface area contributed by atoms with Crippen molar-refractivity contribution in [2.24, 2.45) is 5.10 Å². The second-order valence-corrected chi connectivity index (χ2v) is 5.76. The Kier molecular flexibility index (Phi) is 3.15. The maximum absolute atomic E-state index is 13.6. The van der Waals surface area contributed by atoms with Crippen LogP contribution < -0.4 is 9.75 Å². The summed E-state index contributed by atoms with van der Waals surface area (Å²) in [6.45, 7) is 1.92. The van der Waals surface area contributed by atoms with Crippen molar-refractivity contribution in [3.05, 3.63) is 59.9 Å². The van der Waals surface area contributed by atoms with E-state index in [0.29, 0.717) is 23.8 Å². The van der Waals surface area contributed by atoms with Gasteiger partial charge in [0, 0.05) is 13.0 Å². The Morgan fingerprint density at radius 1 is 1.26 bits per heavy atom. The molecule has 23 heavy (non-hydrogen) atoms. The number of halogens is 1. The van der Waals surface area contributed by atoms with E-state index in [2.05, 4.69) is 5.10 Å². The quantitative estimate of drug-likeness (QED) is 0.856. The van der Waals surface area contributed by atoms with Gasteiger partial charge in [0.1, 0.15) is 29.6 Å². The van der Waals surface area contributed by atoms with Gasteiger partial charge in [0.2, 0.25) is 0 Å². The number of anilines is 1. The first-order valence-electron chi connectivity index (χ1n) is 7.51. The predicted octanol–water partition coefficient (Wildman–Crippen LogP) is 3.14. The van der Waals surface area contributed by atoms with Crippen LogP contribution in [0.3, 0.4) is 0 Å². The highest BCUT2D eigenvalue weighted by molar-refractivity contribution is 6.42. The molecule has 4 rings (SSSR count). The zero-order valence-electron chi connectivity index (χ0n) is 12.6. The molecule has 0 radical (unpaired) electrons. The molecule has 2 heterocycles. The summed E-state index contributed by atoms with van der Waals surface area (Å²) in [5.74, 6) is -0.0185. The summed E-state index contributed by atoms with van der Waals surface area (Å²) >= 11 is 0. The molecule has 0 aliphatic carbocycles. The summed E-state index contributed by atoms with van der Waals surface area (Å²) in [5.41, 5.74) is 2.07. The van der Waals surface area contributed by atoms with Gasteiger partial charge in [-0.05, 0) is 17.7 Å². The minimum Gasteiger partial charge on any atom is -0.489 e. The Hall–Kier alpha value is -2.69. The van der Waals surface area contributed by atoms with E-state index in [1.54, 1.807) is 11.1 Å². The van der Waals surface area contributed by atoms with Gasteiger partial charge in [-0.2, -0.15) is 5.10 Å². The fraction of sp³-hybridized carbons (Fsp3) is 0.222. The number of carbonyl (C=O) groups is 1. The fourth-order valence-corrected chi connectivity index (χ4v) is 3.27. The topological polar surface area (TPSA) is 41.9 Å². The smallest absolute Gasteiger partial charge is 0.176 e. The van der Waals surface area contributed by atoms with Gasteiger partial charge in [0.15, 0.2) is 5.78 Å². The van der Waals surface area contributed by atoms with Crippen molar-refractivity contribution >= 4 is 17.2 Å². The third-order valence-corrected chi connectivity index (χ3v) is 4.31.